The van der Waals surface area contributed by atoms with Crippen molar-refractivity contribution in [2.45, 2.75) is 19.9 Å². The first kappa shape index (κ1) is 10.5. The summed E-state index contributed by atoms with van der Waals surface area (Å²) >= 11 is 0. The molecule has 1 aromatic heterocycles. The van der Waals surface area contributed by atoms with Gasteiger partial charge in [0.2, 0.25) is 0 Å². The largest absolute Gasteiger partial charge is 0.371 e. The van der Waals surface area contributed by atoms with Crippen LogP contribution in [0.25, 0.3) is 10.9 Å². The average Bonchev–Trinajstić information content (AvgIpc) is 2.28. The first-order valence-electron chi connectivity index (χ1n) is 5.30. The number of pyridine rings is 1. The van der Waals surface area contributed by atoms with Crippen molar-refractivity contribution in [1.82, 2.24) is 4.98 Å². The molecule has 2 aromatic rings. The summed E-state index contributed by atoms with van der Waals surface area (Å²) in [4.78, 5) is 4.48. The number of aromatic nitrogens is 1. The van der Waals surface area contributed by atoms with Gasteiger partial charge in [0, 0.05) is 16.8 Å². The molecular weight excluding hydrogens is 196 g/mol. The fourth-order valence-electron chi connectivity index (χ4n) is 1.70. The van der Waals surface area contributed by atoms with E-state index in [1.807, 2.05) is 44.2 Å². The van der Waals surface area contributed by atoms with Crippen molar-refractivity contribution >= 4 is 16.6 Å². The predicted octanol–water partition coefficient (Wildman–Crippen LogP) is 2.98. The van der Waals surface area contributed by atoms with E-state index in [0.29, 0.717) is 0 Å². The van der Waals surface area contributed by atoms with Crippen molar-refractivity contribution < 1.29 is 0 Å². The molecule has 1 aromatic carbocycles. The van der Waals surface area contributed by atoms with E-state index in [9.17, 15) is 0 Å². The molecule has 2 heteroatoms. The molecule has 0 spiro atoms. The summed E-state index contributed by atoms with van der Waals surface area (Å²) in [5.74, 6) is 2.67. The van der Waals surface area contributed by atoms with Crippen LogP contribution >= 0.6 is 0 Å². The standard InChI is InChI=1S/C14H14N2/c1-4-10(2)15-14-9-11(3)16-13-8-6-5-7-12(13)14/h1,5-10H,2-3H3,(H,15,16). The minimum absolute atomic E-state index is 0.0187. The number of terminal acetylenes is 1. The highest BCUT2D eigenvalue weighted by atomic mass is 14.9. The van der Waals surface area contributed by atoms with Gasteiger partial charge in [-0.25, -0.2) is 0 Å². The Balaban J connectivity index is 2.55. The summed E-state index contributed by atoms with van der Waals surface area (Å²) in [5, 5.41) is 4.41. The zero-order valence-corrected chi connectivity index (χ0v) is 9.49. The number of rotatable bonds is 2. The molecule has 2 rings (SSSR count). The van der Waals surface area contributed by atoms with E-state index >= 15 is 0 Å². The third kappa shape index (κ3) is 1.99. The van der Waals surface area contributed by atoms with Crippen LogP contribution < -0.4 is 5.32 Å². The van der Waals surface area contributed by atoms with Gasteiger partial charge in [0.05, 0.1) is 11.6 Å². The molecule has 1 unspecified atom stereocenters. The minimum Gasteiger partial charge on any atom is -0.371 e. The third-order valence-electron chi connectivity index (χ3n) is 2.47. The molecule has 0 saturated carbocycles. The van der Waals surface area contributed by atoms with Crippen molar-refractivity contribution in [2.75, 3.05) is 5.32 Å². The summed E-state index contributed by atoms with van der Waals surface area (Å²) in [6, 6.07) is 10.1. The first-order valence-corrected chi connectivity index (χ1v) is 5.30. The number of fused-ring (bicyclic) bond motifs is 1. The number of aryl methyl sites for hydroxylation is 1. The van der Waals surface area contributed by atoms with Gasteiger partial charge in [-0.05, 0) is 26.0 Å². The molecule has 1 heterocycles. The summed E-state index contributed by atoms with van der Waals surface area (Å²) in [5.41, 5.74) is 3.04. The van der Waals surface area contributed by atoms with E-state index in [4.69, 9.17) is 6.42 Å². The van der Waals surface area contributed by atoms with Crippen LogP contribution in [0, 0.1) is 19.3 Å². The summed E-state index contributed by atoms with van der Waals surface area (Å²) in [6.45, 7) is 3.95. The van der Waals surface area contributed by atoms with Crippen molar-refractivity contribution in [3.05, 3.63) is 36.0 Å². The lowest BCUT2D eigenvalue weighted by Crippen LogP contribution is -2.12. The zero-order valence-electron chi connectivity index (χ0n) is 9.49. The Bertz CT molecular complexity index is 552. The van der Waals surface area contributed by atoms with Crippen LogP contribution in [0.1, 0.15) is 12.6 Å². The highest BCUT2D eigenvalue weighted by Gasteiger charge is 2.04. The Morgan fingerprint density at radius 2 is 2.12 bits per heavy atom. The van der Waals surface area contributed by atoms with Gasteiger partial charge in [0.15, 0.2) is 0 Å². The van der Waals surface area contributed by atoms with Gasteiger partial charge < -0.3 is 5.32 Å². The fourth-order valence-corrected chi connectivity index (χ4v) is 1.70. The van der Waals surface area contributed by atoms with E-state index in [0.717, 1.165) is 22.3 Å². The number of anilines is 1. The van der Waals surface area contributed by atoms with Crippen LogP contribution in [-0.4, -0.2) is 11.0 Å². The SMILES string of the molecule is C#CC(C)Nc1cc(C)nc2ccccc12. The number of nitrogens with zero attached hydrogens (tertiary/aromatic N) is 1. The highest BCUT2D eigenvalue weighted by Crippen LogP contribution is 2.23. The topological polar surface area (TPSA) is 24.9 Å². The van der Waals surface area contributed by atoms with E-state index in [-0.39, 0.29) is 6.04 Å². The normalized spacial score (nSPS) is 12.1. The van der Waals surface area contributed by atoms with Crippen molar-refractivity contribution in [3.8, 4) is 12.3 Å². The van der Waals surface area contributed by atoms with Gasteiger partial charge in [-0.1, -0.05) is 24.1 Å². The quantitative estimate of drug-likeness (QED) is 0.771. The second-order valence-electron chi connectivity index (χ2n) is 3.86. The first-order chi connectivity index (χ1) is 7.70. The maximum absolute atomic E-state index is 5.37. The van der Waals surface area contributed by atoms with Crippen molar-refractivity contribution in [2.24, 2.45) is 0 Å². The van der Waals surface area contributed by atoms with Gasteiger partial charge in [0.1, 0.15) is 0 Å². The lowest BCUT2D eigenvalue weighted by Gasteiger charge is -2.12. The van der Waals surface area contributed by atoms with Crippen LogP contribution in [0.4, 0.5) is 5.69 Å². The molecule has 1 atom stereocenters. The lowest BCUT2D eigenvalue weighted by molar-refractivity contribution is 1.04. The number of hydrogen-bond acceptors (Lipinski definition) is 2. The van der Waals surface area contributed by atoms with E-state index in [2.05, 4.69) is 16.2 Å². The molecule has 2 nitrogen and oxygen atoms in total. The Hall–Kier alpha value is -2.01. The van der Waals surface area contributed by atoms with Crippen LogP contribution in [-0.2, 0) is 0 Å². The smallest absolute Gasteiger partial charge is 0.0846 e. The molecular formula is C14H14N2. The van der Waals surface area contributed by atoms with Crippen LogP contribution in [0.3, 0.4) is 0 Å². The summed E-state index contributed by atoms with van der Waals surface area (Å²) in [7, 11) is 0. The number of hydrogen-bond donors (Lipinski definition) is 1. The molecule has 1 N–H and O–H groups in total. The molecule has 0 amide bonds. The lowest BCUT2D eigenvalue weighted by atomic mass is 10.1. The van der Waals surface area contributed by atoms with Crippen molar-refractivity contribution in [3.63, 3.8) is 0 Å². The number of para-hydroxylation sites is 1. The zero-order chi connectivity index (χ0) is 11.5. The Labute approximate surface area is 95.7 Å². The molecule has 80 valence electrons. The molecule has 16 heavy (non-hydrogen) atoms. The maximum atomic E-state index is 5.37. The van der Waals surface area contributed by atoms with Gasteiger partial charge in [-0.15, -0.1) is 6.42 Å². The molecule has 0 aliphatic heterocycles. The molecule has 0 aliphatic rings. The summed E-state index contributed by atoms with van der Waals surface area (Å²) < 4.78 is 0. The minimum atomic E-state index is 0.0187. The predicted molar refractivity (Wildman–Crippen MR) is 68.4 cm³/mol. The van der Waals surface area contributed by atoms with Crippen LogP contribution in [0.2, 0.25) is 0 Å². The highest BCUT2D eigenvalue weighted by molar-refractivity contribution is 5.91. The second-order valence-corrected chi connectivity index (χ2v) is 3.86. The van der Waals surface area contributed by atoms with Crippen LogP contribution in [0.15, 0.2) is 30.3 Å². The summed E-state index contributed by atoms with van der Waals surface area (Å²) in [6.07, 6.45) is 5.37. The Morgan fingerprint density at radius 3 is 2.88 bits per heavy atom. The molecule has 0 saturated heterocycles. The van der Waals surface area contributed by atoms with E-state index in [1.165, 1.54) is 0 Å². The van der Waals surface area contributed by atoms with Gasteiger partial charge in [-0.2, -0.15) is 0 Å². The maximum Gasteiger partial charge on any atom is 0.0846 e. The fraction of sp³-hybridized carbons (Fsp3) is 0.214. The third-order valence-corrected chi connectivity index (χ3v) is 2.47. The average molecular weight is 210 g/mol. The molecule has 0 radical (unpaired) electrons. The van der Waals surface area contributed by atoms with Gasteiger partial charge in [-0.3, -0.25) is 4.98 Å². The Morgan fingerprint density at radius 1 is 1.38 bits per heavy atom. The monoisotopic (exact) mass is 210 g/mol. The molecule has 0 aliphatic carbocycles. The van der Waals surface area contributed by atoms with E-state index in [1.54, 1.807) is 0 Å². The van der Waals surface area contributed by atoms with Crippen LogP contribution in [0.5, 0.6) is 0 Å². The van der Waals surface area contributed by atoms with E-state index < -0.39 is 0 Å². The molecule has 0 bridgehead atoms. The number of nitrogens with one attached hydrogen (secondary N) is 1. The van der Waals surface area contributed by atoms with Gasteiger partial charge >= 0.3 is 0 Å². The van der Waals surface area contributed by atoms with Gasteiger partial charge in [0.25, 0.3) is 0 Å². The van der Waals surface area contributed by atoms with Crippen molar-refractivity contribution in [1.29, 1.82) is 0 Å². The second kappa shape index (κ2) is 4.24. The molecule has 0 fully saturated rings. The Kier molecular flexibility index (Phi) is 2.78. The number of benzene rings is 1.